The van der Waals surface area contributed by atoms with E-state index in [1.165, 1.54) is 18.1 Å². The zero-order valence-corrected chi connectivity index (χ0v) is 12.9. The van der Waals surface area contributed by atoms with Crippen LogP contribution in [0.1, 0.15) is 60.3 Å². The zero-order chi connectivity index (χ0) is 14.9. The van der Waals surface area contributed by atoms with Gasteiger partial charge in [-0.3, -0.25) is 4.79 Å². The molecule has 106 valence electrons. The molecule has 0 radical (unpaired) electrons. The lowest BCUT2D eigenvalue weighted by molar-refractivity contribution is -0.150. The van der Waals surface area contributed by atoms with Crippen LogP contribution in [0, 0.1) is 12.3 Å². The lowest BCUT2D eigenvalue weighted by atomic mass is 9.99. The van der Waals surface area contributed by atoms with Crippen LogP contribution in [0.5, 0.6) is 0 Å². The highest BCUT2D eigenvalue weighted by atomic mass is 16.6. The van der Waals surface area contributed by atoms with Crippen LogP contribution in [0.15, 0.2) is 23.3 Å². The van der Waals surface area contributed by atoms with E-state index in [1.54, 1.807) is 6.92 Å². The van der Waals surface area contributed by atoms with E-state index in [0.717, 1.165) is 19.3 Å². The number of carbonyl (C=O) groups excluding carboxylic acids is 1. The molecule has 0 heterocycles. The van der Waals surface area contributed by atoms with Crippen molar-refractivity contribution in [2.75, 3.05) is 0 Å². The summed E-state index contributed by atoms with van der Waals surface area (Å²) in [6.45, 7) is 9.50. The van der Waals surface area contributed by atoms with Crippen LogP contribution in [0.4, 0.5) is 0 Å². The Hall–Kier alpha value is -1.49. The smallest absolute Gasteiger partial charge is 0.304 e. The van der Waals surface area contributed by atoms with Crippen molar-refractivity contribution >= 4 is 5.97 Å². The highest BCUT2D eigenvalue weighted by molar-refractivity contribution is 5.67. The minimum atomic E-state index is -0.789. The number of carbonyl (C=O) groups is 1. The molecular weight excluding hydrogens is 236 g/mol. The minimum Gasteiger partial charge on any atom is -0.446 e. The Morgan fingerprint density at radius 2 is 1.84 bits per heavy atom. The van der Waals surface area contributed by atoms with Crippen molar-refractivity contribution in [3.8, 4) is 12.3 Å². The molecule has 0 amide bonds. The molecule has 0 saturated carbocycles. The van der Waals surface area contributed by atoms with Crippen LogP contribution in [-0.4, -0.2) is 11.6 Å². The van der Waals surface area contributed by atoms with Gasteiger partial charge in [-0.25, -0.2) is 0 Å². The molecule has 2 nitrogen and oxygen atoms in total. The molecule has 1 atom stereocenters. The van der Waals surface area contributed by atoms with Crippen molar-refractivity contribution in [1.29, 1.82) is 0 Å². The van der Waals surface area contributed by atoms with Gasteiger partial charge in [-0.15, -0.1) is 6.42 Å². The van der Waals surface area contributed by atoms with Gasteiger partial charge in [-0.05, 0) is 47.0 Å². The van der Waals surface area contributed by atoms with Crippen molar-refractivity contribution in [3.05, 3.63) is 23.3 Å². The lowest BCUT2D eigenvalue weighted by Crippen LogP contribution is -2.28. The molecule has 0 rings (SSSR count). The van der Waals surface area contributed by atoms with Crippen LogP contribution in [0.2, 0.25) is 0 Å². The van der Waals surface area contributed by atoms with E-state index >= 15 is 0 Å². The normalized spacial score (nSPS) is 14.2. The standard InChI is InChI=1S/C17H26O2/c1-7-17(6,19-16(5)18)13-9-12-15(4)11-8-10-14(2)3/h1,10,12H,8-9,11,13H2,2-6H3/b15-12-. The molecule has 0 aromatic rings. The van der Waals surface area contributed by atoms with E-state index in [-0.39, 0.29) is 5.97 Å². The van der Waals surface area contributed by atoms with Crippen LogP contribution >= 0.6 is 0 Å². The van der Waals surface area contributed by atoms with Gasteiger partial charge in [-0.1, -0.05) is 29.2 Å². The van der Waals surface area contributed by atoms with Crippen LogP contribution < -0.4 is 0 Å². The van der Waals surface area contributed by atoms with E-state index in [9.17, 15) is 4.79 Å². The number of hydrogen-bond donors (Lipinski definition) is 0. The first kappa shape index (κ1) is 17.5. The van der Waals surface area contributed by atoms with Crippen LogP contribution in [0.25, 0.3) is 0 Å². The van der Waals surface area contributed by atoms with Crippen LogP contribution in [0.3, 0.4) is 0 Å². The maximum Gasteiger partial charge on any atom is 0.304 e. The van der Waals surface area contributed by atoms with Crippen molar-refractivity contribution < 1.29 is 9.53 Å². The zero-order valence-electron chi connectivity index (χ0n) is 12.9. The van der Waals surface area contributed by atoms with E-state index in [2.05, 4.69) is 38.8 Å². The third-order valence-corrected chi connectivity index (χ3v) is 2.88. The van der Waals surface area contributed by atoms with Crippen molar-refractivity contribution in [2.45, 2.75) is 65.9 Å². The van der Waals surface area contributed by atoms with Gasteiger partial charge in [-0.2, -0.15) is 0 Å². The molecule has 0 aromatic carbocycles. The lowest BCUT2D eigenvalue weighted by Gasteiger charge is -2.22. The summed E-state index contributed by atoms with van der Waals surface area (Å²) < 4.78 is 5.17. The Bertz CT molecular complexity index is 392. The summed E-state index contributed by atoms with van der Waals surface area (Å²) in [6.07, 6.45) is 13.5. The fourth-order valence-corrected chi connectivity index (χ4v) is 1.75. The first-order valence-corrected chi connectivity index (χ1v) is 6.75. The molecule has 19 heavy (non-hydrogen) atoms. The molecule has 0 bridgehead atoms. The summed E-state index contributed by atoms with van der Waals surface area (Å²) in [6, 6.07) is 0. The Labute approximate surface area is 117 Å². The maximum atomic E-state index is 11.0. The number of terminal acetylenes is 1. The van der Waals surface area contributed by atoms with E-state index in [0.29, 0.717) is 6.42 Å². The van der Waals surface area contributed by atoms with Crippen molar-refractivity contribution in [3.63, 3.8) is 0 Å². The van der Waals surface area contributed by atoms with Gasteiger partial charge in [0, 0.05) is 13.3 Å². The highest BCUT2D eigenvalue weighted by Crippen LogP contribution is 2.18. The number of esters is 1. The van der Waals surface area contributed by atoms with E-state index in [4.69, 9.17) is 11.2 Å². The first-order valence-electron chi connectivity index (χ1n) is 6.75. The van der Waals surface area contributed by atoms with Gasteiger partial charge in [0.15, 0.2) is 5.60 Å². The summed E-state index contributed by atoms with van der Waals surface area (Å²) in [5.41, 5.74) is 1.91. The SMILES string of the molecule is C#CC(C)(CC/C=C(/C)CCC=C(C)C)OC(C)=O. The molecule has 0 saturated heterocycles. The molecule has 2 heteroatoms. The molecule has 0 aliphatic heterocycles. The Kier molecular flexibility index (Phi) is 7.91. The number of rotatable bonds is 7. The number of ether oxygens (including phenoxy) is 1. The second kappa shape index (κ2) is 8.58. The largest absolute Gasteiger partial charge is 0.446 e. The van der Waals surface area contributed by atoms with Gasteiger partial charge in [0.1, 0.15) is 0 Å². The fourth-order valence-electron chi connectivity index (χ4n) is 1.75. The number of allylic oxidation sites excluding steroid dienone is 4. The maximum absolute atomic E-state index is 11.0. The predicted molar refractivity (Wildman–Crippen MR) is 80.7 cm³/mol. The van der Waals surface area contributed by atoms with Gasteiger partial charge in [0.2, 0.25) is 0 Å². The Morgan fingerprint density at radius 1 is 1.21 bits per heavy atom. The topological polar surface area (TPSA) is 26.3 Å². The van der Waals surface area contributed by atoms with Gasteiger partial charge in [0.25, 0.3) is 0 Å². The van der Waals surface area contributed by atoms with Gasteiger partial charge < -0.3 is 4.74 Å². The monoisotopic (exact) mass is 262 g/mol. The molecule has 0 N–H and O–H groups in total. The summed E-state index contributed by atoms with van der Waals surface area (Å²) in [4.78, 5) is 11.0. The third kappa shape index (κ3) is 9.13. The second-order valence-corrected chi connectivity index (χ2v) is 5.38. The van der Waals surface area contributed by atoms with Crippen molar-refractivity contribution in [1.82, 2.24) is 0 Å². The average molecular weight is 262 g/mol. The average Bonchev–Trinajstić information content (AvgIpc) is 2.27. The fraction of sp³-hybridized carbons (Fsp3) is 0.588. The molecular formula is C17H26O2. The summed E-state index contributed by atoms with van der Waals surface area (Å²) >= 11 is 0. The molecule has 0 aliphatic carbocycles. The quantitative estimate of drug-likeness (QED) is 0.386. The first-order chi connectivity index (χ1) is 8.79. The Balaban J connectivity index is 4.21. The second-order valence-electron chi connectivity index (χ2n) is 5.38. The van der Waals surface area contributed by atoms with Crippen LogP contribution in [-0.2, 0) is 9.53 Å². The van der Waals surface area contributed by atoms with Gasteiger partial charge >= 0.3 is 5.97 Å². The van der Waals surface area contributed by atoms with E-state index < -0.39 is 5.60 Å². The van der Waals surface area contributed by atoms with E-state index in [1.807, 2.05) is 0 Å². The minimum absolute atomic E-state index is 0.329. The van der Waals surface area contributed by atoms with Gasteiger partial charge in [0.05, 0.1) is 0 Å². The predicted octanol–water partition coefficient (Wildman–Crippen LogP) is 4.41. The molecule has 0 fully saturated rings. The summed E-state index contributed by atoms with van der Waals surface area (Å²) in [5, 5.41) is 0. The Morgan fingerprint density at radius 3 is 2.32 bits per heavy atom. The highest BCUT2D eigenvalue weighted by Gasteiger charge is 2.23. The molecule has 0 spiro atoms. The molecule has 0 aliphatic rings. The third-order valence-electron chi connectivity index (χ3n) is 2.88. The molecule has 0 aromatic heterocycles. The van der Waals surface area contributed by atoms with Crippen molar-refractivity contribution in [2.24, 2.45) is 0 Å². The molecule has 1 unspecified atom stereocenters. The summed E-state index contributed by atoms with van der Waals surface area (Å²) in [5.74, 6) is 2.23. The number of hydrogen-bond acceptors (Lipinski definition) is 2. The summed E-state index contributed by atoms with van der Waals surface area (Å²) in [7, 11) is 0.